The molecule has 0 unspecified atom stereocenters. The number of aromatic nitrogens is 3. The van der Waals surface area contributed by atoms with E-state index in [9.17, 15) is 0 Å². The van der Waals surface area contributed by atoms with E-state index in [-0.39, 0.29) is 0 Å². The first kappa shape index (κ1) is 21.8. The van der Waals surface area contributed by atoms with Crippen molar-refractivity contribution in [1.82, 2.24) is 14.8 Å². The van der Waals surface area contributed by atoms with Gasteiger partial charge in [0.25, 0.3) is 0 Å². The summed E-state index contributed by atoms with van der Waals surface area (Å²) in [5, 5.41) is 5.98. The minimum atomic E-state index is -1.12. The molecule has 1 saturated heterocycles. The largest absolute Gasteiger partial charge is 0.497 e. The van der Waals surface area contributed by atoms with Gasteiger partial charge in [-0.1, -0.05) is 19.6 Å². The van der Waals surface area contributed by atoms with E-state index in [2.05, 4.69) is 41.7 Å². The van der Waals surface area contributed by atoms with Gasteiger partial charge in [0, 0.05) is 44.9 Å². The van der Waals surface area contributed by atoms with Crippen LogP contribution in [-0.2, 0) is 16.2 Å². The maximum atomic E-state index is 6.00. The molecule has 0 spiro atoms. The molecule has 0 saturated carbocycles. The number of methoxy groups -OCH3 is 1. The molecular formula is C23H32N4O3Si. The lowest BCUT2D eigenvalue weighted by molar-refractivity contribution is 0.0818. The summed E-state index contributed by atoms with van der Waals surface area (Å²) in [5.74, 6) is 1.77. The molecule has 31 heavy (non-hydrogen) atoms. The highest BCUT2D eigenvalue weighted by atomic mass is 28.3. The maximum Gasteiger partial charge on any atom is 0.140 e. The smallest absolute Gasteiger partial charge is 0.140 e. The van der Waals surface area contributed by atoms with E-state index in [4.69, 9.17) is 19.3 Å². The van der Waals surface area contributed by atoms with Crippen molar-refractivity contribution in [2.45, 2.75) is 32.4 Å². The Balaban J connectivity index is 1.65. The van der Waals surface area contributed by atoms with Crippen molar-refractivity contribution in [2.24, 2.45) is 0 Å². The molecule has 8 heteroatoms. The van der Waals surface area contributed by atoms with Gasteiger partial charge in [-0.2, -0.15) is 5.10 Å². The lowest BCUT2D eigenvalue weighted by atomic mass is 10.1. The summed E-state index contributed by atoms with van der Waals surface area (Å²) in [6, 6.07) is 11.3. The van der Waals surface area contributed by atoms with Gasteiger partial charge in [0.15, 0.2) is 0 Å². The quantitative estimate of drug-likeness (QED) is 0.385. The van der Waals surface area contributed by atoms with Crippen molar-refractivity contribution in [2.75, 3.05) is 44.9 Å². The number of nitrogens with zero attached hydrogens (tertiary/aromatic N) is 4. The summed E-state index contributed by atoms with van der Waals surface area (Å²) in [5.41, 5.74) is 2.99. The lowest BCUT2D eigenvalue weighted by Crippen LogP contribution is -2.36. The lowest BCUT2D eigenvalue weighted by Gasteiger charge is -2.27. The van der Waals surface area contributed by atoms with E-state index < -0.39 is 8.07 Å². The van der Waals surface area contributed by atoms with Crippen LogP contribution in [0.3, 0.4) is 0 Å². The Morgan fingerprint density at radius 1 is 1.10 bits per heavy atom. The Kier molecular flexibility index (Phi) is 6.59. The Hall–Kier alpha value is -2.42. The minimum Gasteiger partial charge on any atom is -0.497 e. The van der Waals surface area contributed by atoms with Crippen LogP contribution in [0.5, 0.6) is 5.75 Å². The standard InChI is InChI=1S/C23H32N4O3Si/c1-28-19-5-6-21-20(16-19)23(25-27(21)17-30-13-14-31(2,3)4)18-7-8-24-22(15-18)26-9-11-29-12-10-26/h5-8,15-16H,9-14,17H2,1-4H3. The molecule has 0 amide bonds. The molecular weight excluding hydrogens is 408 g/mol. The molecule has 3 aromatic rings. The number of hydrogen-bond acceptors (Lipinski definition) is 6. The summed E-state index contributed by atoms with van der Waals surface area (Å²) < 4.78 is 18.9. The minimum absolute atomic E-state index is 0.439. The average Bonchev–Trinajstić information content (AvgIpc) is 3.14. The Morgan fingerprint density at radius 2 is 1.90 bits per heavy atom. The molecule has 7 nitrogen and oxygen atoms in total. The maximum absolute atomic E-state index is 6.00. The number of benzene rings is 1. The average molecular weight is 441 g/mol. The van der Waals surface area contributed by atoms with Crippen LogP contribution >= 0.6 is 0 Å². The highest BCUT2D eigenvalue weighted by Gasteiger charge is 2.18. The second kappa shape index (κ2) is 9.38. The number of morpholine rings is 1. The molecule has 0 aliphatic carbocycles. The van der Waals surface area contributed by atoms with E-state index in [1.807, 2.05) is 29.1 Å². The molecule has 0 N–H and O–H groups in total. The molecule has 1 aliphatic rings. The molecule has 2 aromatic heterocycles. The van der Waals surface area contributed by atoms with Crippen LogP contribution in [0.25, 0.3) is 22.2 Å². The van der Waals surface area contributed by atoms with Crippen LogP contribution in [0.1, 0.15) is 0 Å². The third-order valence-electron chi connectivity index (χ3n) is 5.52. The van der Waals surface area contributed by atoms with Gasteiger partial charge in [0.2, 0.25) is 0 Å². The fourth-order valence-electron chi connectivity index (χ4n) is 3.66. The van der Waals surface area contributed by atoms with Gasteiger partial charge < -0.3 is 19.1 Å². The molecule has 1 fully saturated rings. The zero-order valence-electron chi connectivity index (χ0n) is 18.9. The van der Waals surface area contributed by atoms with Crippen LogP contribution < -0.4 is 9.64 Å². The molecule has 166 valence electrons. The zero-order valence-corrected chi connectivity index (χ0v) is 19.9. The second-order valence-corrected chi connectivity index (χ2v) is 14.7. The van der Waals surface area contributed by atoms with Crippen molar-refractivity contribution in [1.29, 1.82) is 0 Å². The SMILES string of the molecule is COc1ccc2c(c1)c(-c1ccnc(N3CCOCC3)c1)nn2COCC[Si](C)(C)C. The third kappa shape index (κ3) is 5.26. The van der Waals surface area contributed by atoms with Crippen molar-refractivity contribution in [3.63, 3.8) is 0 Å². The number of rotatable bonds is 8. The van der Waals surface area contributed by atoms with Crippen molar-refractivity contribution in [3.05, 3.63) is 36.5 Å². The monoisotopic (exact) mass is 440 g/mol. The Bertz CT molecular complexity index is 1030. The number of fused-ring (bicyclic) bond motifs is 1. The Morgan fingerprint density at radius 3 is 2.65 bits per heavy atom. The molecule has 1 aromatic carbocycles. The summed E-state index contributed by atoms with van der Waals surface area (Å²) >= 11 is 0. The molecule has 3 heterocycles. The van der Waals surface area contributed by atoms with Crippen molar-refractivity contribution < 1.29 is 14.2 Å². The molecule has 4 rings (SSSR count). The number of pyridine rings is 1. The van der Waals surface area contributed by atoms with E-state index in [1.165, 1.54) is 0 Å². The van der Waals surface area contributed by atoms with Crippen LogP contribution in [0.15, 0.2) is 36.5 Å². The first-order chi connectivity index (χ1) is 14.9. The molecule has 0 radical (unpaired) electrons. The van der Waals surface area contributed by atoms with E-state index >= 15 is 0 Å². The predicted molar refractivity (Wildman–Crippen MR) is 127 cm³/mol. The van der Waals surface area contributed by atoms with Crippen LogP contribution in [0.4, 0.5) is 5.82 Å². The summed E-state index contributed by atoms with van der Waals surface area (Å²) in [4.78, 5) is 6.84. The predicted octanol–water partition coefficient (Wildman–Crippen LogP) is 4.26. The topological polar surface area (TPSA) is 61.6 Å². The fourth-order valence-corrected chi connectivity index (χ4v) is 4.41. The van der Waals surface area contributed by atoms with E-state index in [0.29, 0.717) is 6.73 Å². The number of ether oxygens (including phenoxy) is 3. The normalized spacial score (nSPS) is 14.9. The second-order valence-electron chi connectivity index (χ2n) is 9.08. The van der Waals surface area contributed by atoms with E-state index in [0.717, 1.165) is 72.7 Å². The summed E-state index contributed by atoms with van der Waals surface area (Å²) in [6.45, 7) is 11.5. The van der Waals surface area contributed by atoms with Crippen LogP contribution in [-0.4, -0.2) is 62.9 Å². The van der Waals surface area contributed by atoms with Crippen molar-refractivity contribution in [3.8, 4) is 17.0 Å². The van der Waals surface area contributed by atoms with Gasteiger partial charge in [-0.15, -0.1) is 0 Å². The number of hydrogen-bond donors (Lipinski definition) is 0. The molecule has 1 aliphatic heterocycles. The molecule has 0 atom stereocenters. The highest BCUT2D eigenvalue weighted by Crippen LogP contribution is 2.32. The Labute approximate surface area is 184 Å². The number of anilines is 1. The summed E-state index contributed by atoms with van der Waals surface area (Å²) in [6.07, 6.45) is 1.86. The van der Waals surface area contributed by atoms with Crippen LogP contribution in [0, 0.1) is 0 Å². The van der Waals surface area contributed by atoms with E-state index in [1.54, 1.807) is 7.11 Å². The summed E-state index contributed by atoms with van der Waals surface area (Å²) in [7, 11) is 0.565. The first-order valence-electron chi connectivity index (χ1n) is 10.9. The van der Waals surface area contributed by atoms with Gasteiger partial charge >= 0.3 is 0 Å². The first-order valence-corrected chi connectivity index (χ1v) is 14.6. The van der Waals surface area contributed by atoms with Gasteiger partial charge in [0.05, 0.1) is 25.8 Å². The van der Waals surface area contributed by atoms with Gasteiger partial charge in [0.1, 0.15) is 24.0 Å². The zero-order chi connectivity index (χ0) is 21.8. The highest BCUT2D eigenvalue weighted by molar-refractivity contribution is 6.76. The van der Waals surface area contributed by atoms with Gasteiger partial charge in [-0.3, -0.25) is 0 Å². The van der Waals surface area contributed by atoms with Crippen LogP contribution in [0.2, 0.25) is 25.7 Å². The van der Waals surface area contributed by atoms with Crippen molar-refractivity contribution >= 4 is 24.8 Å². The molecule has 0 bridgehead atoms. The van der Waals surface area contributed by atoms with Gasteiger partial charge in [-0.25, -0.2) is 9.67 Å². The third-order valence-corrected chi connectivity index (χ3v) is 7.23. The fraction of sp³-hybridized carbons (Fsp3) is 0.478. The van der Waals surface area contributed by atoms with Gasteiger partial charge in [-0.05, 0) is 36.4 Å².